The molecule has 7 heterocycles. The van der Waals surface area contributed by atoms with E-state index < -0.39 is 26.4 Å². The van der Waals surface area contributed by atoms with Gasteiger partial charge in [0.25, 0.3) is 0 Å². The molecule has 3 aliphatic rings. The molecule has 1 unspecified atom stereocenters. The van der Waals surface area contributed by atoms with Gasteiger partial charge < -0.3 is 24.3 Å². The molecule has 5 aromatic heterocycles. The summed E-state index contributed by atoms with van der Waals surface area (Å²) in [6, 6.07) is 5.15. The van der Waals surface area contributed by atoms with Crippen molar-refractivity contribution in [2.45, 2.75) is 311 Å². The van der Waals surface area contributed by atoms with Crippen molar-refractivity contribution >= 4 is 51.3 Å². The second kappa shape index (κ2) is 46.4. The van der Waals surface area contributed by atoms with Crippen LogP contribution in [0.2, 0.25) is 0 Å². The Labute approximate surface area is 693 Å². The number of amides is 3. The normalized spacial score (nSPS) is 14.5. The van der Waals surface area contributed by atoms with Crippen LogP contribution >= 0.6 is 0 Å². The number of hydrogen-bond donors (Lipinski definition) is 1. The van der Waals surface area contributed by atoms with Crippen LogP contribution in [-0.4, -0.2) is 130 Å². The smallest absolute Gasteiger partial charge is 0.249 e. The zero-order valence-electron chi connectivity index (χ0n) is 77.0. The van der Waals surface area contributed by atoms with E-state index in [1.54, 1.807) is 74.4 Å². The molecular formula is C92H147F2N13O7S. The first-order chi connectivity index (χ1) is 51.8. The molecule has 0 aromatic carbocycles. The Kier molecular flexibility index (Phi) is 44.3. The lowest BCUT2D eigenvalue weighted by atomic mass is 9.74. The summed E-state index contributed by atoms with van der Waals surface area (Å²) in [4.78, 5) is 67.5. The SMILES string of the molecule is C#Cc1ccn(C(C)(C)C)n1.C#Cc1nccn1C(C)(C)C.C/C(F)=C(\C)C(=O)NC(C)(C)C.C=CC(=O)C(C)(C)C.C=CS(=O)(=O)C(C)(C)C.C=Cc1ccn(C(C)(C)C)n1.C=Cc1nccn1C(C)(C)C.CC(C)(C)C1CCC=CC1=O.CC(C)(C)N1CC=CC1=O.CC(C)(C)N1CCC=CC1=O.CC(C)(C)n1ccc(F)n1. The predicted molar refractivity (Wildman–Crippen MR) is 475 cm³/mol. The van der Waals surface area contributed by atoms with Crippen molar-refractivity contribution in [3.63, 3.8) is 0 Å². The summed E-state index contributed by atoms with van der Waals surface area (Å²) in [5.41, 5.74) is 1.39. The molecule has 2 aliphatic heterocycles. The third-order valence-electron chi connectivity index (χ3n) is 16.4. The molecule has 0 radical (unpaired) electrons. The third-order valence-corrected chi connectivity index (χ3v) is 18.5. The van der Waals surface area contributed by atoms with Crippen LogP contribution in [0, 0.1) is 47.4 Å². The lowest BCUT2D eigenvalue weighted by Gasteiger charge is -2.36. The van der Waals surface area contributed by atoms with Crippen LogP contribution in [0.15, 0.2) is 147 Å². The summed E-state index contributed by atoms with van der Waals surface area (Å²) in [5.74, 6) is 6.36. The van der Waals surface area contributed by atoms with Crippen molar-refractivity contribution in [2.75, 3.05) is 13.1 Å². The minimum atomic E-state index is -3.07. The zero-order valence-corrected chi connectivity index (χ0v) is 77.8. The van der Waals surface area contributed by atoms with Gasteiger partial charge in [0, 0.05) is 119 Å². The number of sulfone groups is 1. The third kappa shape index (κ3) is 43.8. The monoisotopic (exact) mass is 1620 g/mol. The number of ketones is 2. The molecule has 23 heteroatoms. The molecule has 5 aromatic rings. The topological polar surface area (TPSA) is 227 Å². The Hall–Kier alpha value is -9.35. The van der Waals surface area contributed by atoms with Crippen LogP contribution in [0.25, 0.3) is 12.2 Å². The number of hydrogen-bond acceptors (Lipinski definition) is 12. The molecule has 3 amide bonds. The van der Waals surface area contributed by atoms with Crippen molar-refractivity contribution in [1.29, 1.82) is 0 Å². The number of allylic oxidation sites excluding steroid dienone is 4. The van der Waals surface area contributed by atoms with E-state index in [9.17, 15) is 41.2 Å². The summed E-state index contributed by atoms with van der Waals surface area (Å²) in [6.45, 7) is 84.3. The number of halogens is 2. The molecule has 0 fully saturated rings. The number of imidazole rings is 2. The Bertz CT molecular complexity index is 4190. The maximum Gasteiger partial charge on any atom is 0.249 e. The highest BCUT2D eigenvalue weighted by molar-refractivity contribution is 7.95. The maximum absolute atomic E-state index is 12.5. The summed E-state index contributed by atoms with van der Waals surface area (Å²) in [7, 11) is -3.07. The van der Waals surface area contributed by atoms with E-state index in [4.69, 9.17) is 12.8 Å². The molecule has 8 rings (SSSR count). The van der Waals surface area contributed by atoms with Gasteiger partial charge in [0.15, 0.2) is 27.2 Å². The molecule has 1 N–H and O–H groups in total. The largest absolute Gasteiger partial charge is 0.348 e. The molecule has 0 spiro atoms. The highest BCUT2D eigenvalue weighted by atomic mass is 32.2. The lowest BCUT2D eigenvalue weighted by molar-refractivity contribution is -0.131. The van der Waals surface area contributed by atoms with Crippen LogP contribution < -0.4 is 5.32 Å². The Morgan fingerprint density at radius 1 is 0.548 bits per heavy atom. The van der Waals surface area contributed by atoms with Gasteiger partial charge in [-0.25, -0.2) is 22.8 Å². The van der Waals surface area contributed by atoms with E-state index in [1.807, 2.05) is 162 Å². The standard InChI is InChI=1S/C10H16O.C9H16FNO.C9H14N2.C9H12N2.C9H14N2.C9H12N2.C9H15NO.C8H13NO.C7H11FN2.C7H12O.C6H12O2S/c1-10(2,3)8-6-4-5-7-9(8)11;1-6(7(2)10)8(12)11-9(3,4)5;2*1-5-8-10-6-7-11(8)9(2,3)4;2*1-5-8-6-7-11(10-8)9(2,3)4;1-9(2,3)10-7-5-4-6-8(10)11;1-8(2,3)9-6-4-5-7(9)10;1-7(2,3)10-5-4-6(8)9-10;1-5-6(8)7(2,3)4;1-5-9(7,8)6(2,3)4/h5,7-8H,4,6H2,1-3H3;1-5H3,(H,11,12);5-7H,1H2,2-4H3;1,6-7H,2-4H3;5-7H,1H2,2-4H3;1,6-7H,2-4H3;4,6H,5,7H2,1-3H3;4-5H,6H2,1-3H3;4-5H,1-3H3;5H,1H2,2-4H3;5H,1H2,2-4H3/b;7-6-;;;;;;;;;. The molecule has 642 valence electrons. The number of aromatic nitrogens is 10. The van der Waals surface area contributed by atoms with Crippen molar-refractivity contribution in [3.8, 4) is 24.7 Å². The van der Waals surface area contributed by atoms with Gasteiger partial charge >= 0.3 is 0 Å². The zero-order chi connectivity index (χ0) is 90.9. The second-order valence-electron chi connectivity index (χ2n) is 38.4. The van der Waals surface area contributed by atoms with Gasteiger partial charge in [0.05, 0.1) is 27.1 Å². The molecule has 115 heavy (non-hydrogen) atoms. The van der Waals surface area contributed by atoms with Gasteiger partial charge in [0.1, 0.15) is 17.3 Å². The Balaban J connectivity index is -0.00000120. The summed E-state index contributed by atoms with van der Waals surface area (Å²) >= 11 is 0. The molecule has 0 saturated heterocycles. The van der Waals surface area contributed by atoms with Crippen LogP contribution in [0.3, 0.4) is 0 Å². The summed E-state index contributed by atoms with van der Waals surface area (Å²) in [6.07, 6.45) is 42.1. The van der Waals surface area contributed by atoms with E-state index in [0.717, 1.165) is 49.3 Å². The average Bonchev–Trinajstić information content (AvgIpc) is 1.40. The molecule has 20 nitrogen and oxygen atoms in total. The molecule has 1 aliphatic carbocycles. The number of carbonyl (C=O) groups is 5. The van der Waals surface area contributed by atoms with E-state index in [1.165, 1.54) is 26.0 Å². The number of rotatable bonds is 5. The number of nitrogens with one attached hydrogen (secondary N) is 1. The Morgan fingerprint density at radius 3 is 1.25 bits per heavy atom. The van der Waals surface area contributed by atoms with Crippen molar-refractivity contribution in [3.05, 3.63) is 176 Å². The minimum Gasteiger partial charge on any atom is -0.348 e. The molecule has 1 atom stereocenters. The van der Waals surface area contributed by atoms with Gasteiger partial charge in [-0.3, -0.25) is 38.0 Å². The maximum atomic E-state index is 12.5. The van der Waals surface area contributed by atoms with Gasteiger partial charge in [-0.15, -0.1) is 17.9 Å². The van der Waals surface area contributed by atoms with Gasteiger partial charge in [-0.1, -0.05) is 86.1 Å². The second-order valence-corrected chi connectivity index (χ2v) is 41.1. The van der Waals surface area contributed by atoms with Gasteiger partial charge in [-0.05, 0) is 280 Å². The quantitative estimate of drug-likeness (QED) is 0.128. The molecular weight excluding hydrogens is 1470 g/mol. The van der Waals surface area contributed by atoms with Gasteiger partial charge in [-0.2, -0.15) is 14.6 Å². The fraction of sp³-hybridized carbons (Fsp3) is 0.565. The van der Waals surface area contributed by atoms with Crippen molar-refractivity contribution < 1.29 is 41.2 Å². The molecule has 0 saturated carbocycles. The van der Waals surface area contributed by atoms with Crippen LogP contribution in [0.1, 0.15) is 285 Å². The fourth-order valence-electron chi connectivity index (χ4n) is 9.28. The first-order valence-electron chi connectivity index (χ1n) is 38.7. The van der Waals surface area contributed by atoms with Crippen LogP contribution in [0.5, 0.6) is 0 Å². The number of nitrogens with zero attached hydrogens (tertiary/aromatic N) is 12. The first-order valence-corrected chi connectivity index (χ1v) is 40.3. The molecule has 0 bridgehead atoms. The highest BCUT2D eigenvalue weighted by Crippen LogP contribution is 2.33. The summed E-state index contributed by atoms with van der Waals surface area (Å²) < 4.78 is 55.4. The van der Waals surface area contributed by atoms with E-state index >= 15 is 0 Å². The number of terminal acetylenes is 2. The van der Waals surface area contributed by atoms with Crippen LogP contribution in [-0.2, 0) is 61.5 Å². The van der Waals surface area contributed by atoms with E-state index in [0.29, 0.717) is 17.3 Å². The summed E-state index contributed by atoms with van der Waals surface area (Å²) in [5, 5.41) is 15.8. The predicted octanol–water partition coefficient (Wildman–Crippen LogP) is 20.2. The van der Waals surface area contributed by atoms with E-state index in [2.05, 4.69) is 198 Å². The average molecular weight is 1620 g/mol. The number of carbonyl (C=O) groups excluding carboxylic acids is 5. The fourth-order valence-corrected chi connectivity index (χ4v) is 9.78. The van der Waals surface area contributed by atoms with Crippen LogP contribution in [0.4, 0.5) is 8.78 Å². The first kappa shape index (κ1) is 110. The minimum absolute atomic E-state index is 0.0229. The lowest BCUT2D eigenvalue weighted by Crippen LogP contribution is -2.46. The highest BCUT2D eigenvalue weighted by Gasteiger charge is 2.31. The van der Waals surface area contributed by atoms with Crippen molar-refractivity contribution in [2.24, 2.45) is 16.7 Å². The van der Waals surface area contributed by atoms with Crippen molar-refractivity contribution in [1.82, 2.24) is 63.6 Å². The Morgan fingerprint density at radius 2 is 1.00 bits per heavy atom. The van der Waals surface area contributed by atoms with E-state index in [-0.39, 0.29) is 90.1 Å². The van der Waals surface area contributed by atoms with Gasteiger partial charge in [0.2, 0.25) is 23.7 Å².